The Balaban J connectivity index is 1.66. The highest BCUT2D eigenvalue weighted by Crippen LogP contribution is 2.24. The fourth-order valence-corrected chi connectivity index (χ4v) is 2.56. The van der Waals surface area contributed by atoms with Crippen LogP contribution < -0.4 is 4.74 Å². The number of pyridine rings is 1. The van der Waals surface area contributed by atoms with Gasteiger partial charge in [0.1, 0.15) is 0 Å². The summed E-state index contributed by atoms with van der Waals surface area (Å²) in [5.41, 5.74) is 2.63. The van der Waals surface area contributed by atoms with Gasteiger partial charge in [-0.3, -0.25) is 0 Å². The zero-order valence-corrected chi connectivity index (χ0v) is 13.6. The fraction of sp³-hybridized carbons (Fsp3) is 0.0500. The van der Waals surface area contributed by atoms with Crippen molar-refractivity contribution in [2.24, 2.45) is 0 Å². The first-order chi connectivity index (χ1) is 12.3. The molecule has 0 N–H and O–H groups in total. The lowest BCUT2D eigenvalue weighted by Gasteiger charge is -2.05. The van der Waals surface area contributed by atoms with E-state index in [2.05, 4.69) is 15.1 Å². The van der Waals surface area contributed by atoms with Gasteiger partial charge in [0.2, 0.25) is 5.88 Å². The van der Waals surface area contributed by atoms with Gasteiger partial charge >= 0.3 is 0 Å². The third-order valence-corrected chi connectivity index (χ3v) is 3.78. The van der Waals surface area contributed by atoms with Crippen molar-refractivity contribution in [3.8, 4) is 17.3 Å². The molecule has 0 saturated heterocycles. The molecule has 2 aromatic carbocycles. The first-order valence-corrected chi connectivity index (χ1v) is 7.84. The average Bonchev–Trinajstić information content (AvgIpc) is 3.15. The number of nitrogens with zero attached hydrogens (tertiary/aromatic N) is 3. The van der Waals surface area contributed by atoms with Gasteiger partial charge < -0.3 is 9.26 Å². The summed E-state index contributed by atoms with van der Waals surface area (Å²) in [5, 5.41) is 5.03. The van der Waals surface area contributed by atoms with Gasteiger partial charge in [0.05, 0.1) is 12.6 Å². The standard InChI is InChI=1S/C20H15N3O2/c1-24-19-16(13-15-9-5-6-10-17(15)21-19)11-12-18-22-20(25-23-18)14-7-3-2-4-8-14/h2-13H,1H3/b12-11+. The van der Waals surface area contributed by atoms with Crippen LogP contribution in [0.4, 0.5) is 0 Å². The van der Waals surface area contributed by atoms with Crippen LogP contribution in [0.3, 0.4) is 0 Å². The molecule has 0 bridgehead atoms. The molecule has 0 fully saturated rings. The monoisotopic (exact) mass is 329 g/mol. The van der Waals surface area contributed by atoms with Crippen LogP contribution in [-0.4, -0.2) is 22.2 Å². The zero-order valence-electron chi connectivity index (χ0n) is 13.6. The Hall–Kier alpha value is -3.47. The van der Waals surface area contributed by atoms with E-state index in [0.29, 0.717) is 17.6 Å². The smallest absolute Gasteiger partial charge is 0.258 e. The first kappa shape index (κ1) is 15.1. The molecule has 0 radical (unpaired) electrons. The van der Waals surface area contributed by atoms with Gasteiger partial charge in [0.25, 0.3) is 5.89 Å². The van der Waals surface area contributed by atoms with E-state index in [0.717, 1.165) is 22.0 Å². The Morgan fingerprint density at radius 3 is 2.56 bits per heavy atom. The summed E-state index contributed by atoms with van der Waals surface area (Å²) in [4.78, 5) is 8.91. The van der Waals surface area contributed by atoms with E-state index in [4.69, 9.17) is 9.26 Å². The SMILES string of the molecule is COc1nc2ccccc2cc1/C=C/c1noc(-c2ccccc2)n1. The number of aromatic nitrogens is 3. The lowest BCUT2D eigenvalue weighted by atomic mass is 10.1. The second-order valence-corrected chi connectivity index (χ2v) is 5.44. The van der Waals surface area contributed by atoms with Crippen LogP contribution in [0.2, 0.25) is 0 Å². The molecule has 0 spiro atoms. The molecule has 2 heterocycles. The second kappa shape index (κ2) is 6.57. The Bertz CT molecular complexity index is 1040. The van der Waals surface area contributed by atoms with Gasteiger partial charge in [-0.05, 0) is 36.4 Å². The van der Waals surface area contributed by atoms with Crippen molar-refractivity contribution in [2.45, 2.75) is 0 Å². The maximum Gasteiger partial charge on any atom is 0.258 e. The van der Waals surface area contributed by atoms with Crippen molar-refractivity contribution in [1.82, 2.24) is 15.1 Å². The highest BCUT2D eigenvalue weighted by Gasteiger charge is 2.08. The number of fused-ring (bicyclic) bond motifs is 1. The molecule has 0 saturated carbocycles. The summed E-state index contributed by atoms with van der Waals surface area (Å²) in [6, 6.07) is 19.6. The summed E-state index contributed by atoms with van der Waals surface area (Å²) in [6.07, 6.45) is 3.65. The number of ether oxygens (including phenoxy) is 1. The Labute approximate surface area is 144 Å². The Morgan fingerprint density at radius 1 is 0.920 bits per heavy atom. The lowest BCUT2D eigenvalue weighted by molar-refractivity contribution is 0.398. The maximum absolute atomic E-state index is 5.39. The molecule has 4 rings (SSSR count). The third kappa shape index (κ3) is 3.12. The molecule has 0 amide bonds. The Kier molecular flexibility index (Phi) is 3.96. The van der Waals surface area contributed by atoms with Crippen molar-refractivity contribution in [3.05, 3.63) is 72.1 Å². The highest BCUT2D eigenvalue weighted by molar-refractivity contribution is 5.84. The van der Waals surface area contributed by atoms with Crippen LogP contribution in [-0.2, 0) is 0 Å². The molecule has 0 aliphatic rings. The molecule has 0 aliphatic heterocycles. The van der Waals surface area contributed by atoms with Crippen molar-refractivity contribution >= 4 is 23.1 Å². The number of para-hydroxylation sites is 1. The molecule has 0 atom stereocenters. The minimum atomic E-state index is 0.490. The number of methoxy groups -OCH3 is 1. The molecular formula is C20H15N3O2. The van der Waals surface area contributed by atoms with Crippen LogP contribution >= 0.6 is 0 Å². The van der Waals surface area contributed by atoms with Gasteiger partial charge in [-0.1, -0.05) is 41.6 Å². The van der Waals surface area contributed by atoms with E-state index >= 15 is 0 Å². The summed E-state index contributed by atoms with van der Waals surface area (Å²) < 4.78 is 10.7. The third-order valence-electron chi connectivity index (χ3n) is 3.78. The van der Waals surface area contributed by atoms with E-state index in [9.17, 15) is 0 Å². The van der Waals surface area contributed by atoms with Gasteiger partial charge in [-0.25, -0.2) is 4.98 Å². The minimum absolute atomic E-state index is 0.490. The predicted molar refractivity (Wildman–Crippen MR) is 97.0 cm³/mol. The highest BCUT2D eigenvalue weighted by atomic mass is 16.5. The molecule has 2 aromatic heterocycles. The van der Waals surface area contributed by atoms with Crippen molar-refractivity contribution in [1.29, 1.82) is 0 Å². The topological polar surface area (TPSA) is 61.0 Å². The number of hydrogen-bond donors (Lipinski definition) is 0. The lowest BCUT2D eigenvalue weighted by Crippen LogP contribution is -1.92. The molecule has 5 heteroatoms. The van der Waals surface area contributed by atoms with Crippen molar-refractivity contribution in [2.75, 3.05) is 7.11 Å². The predicted octanol–water partition coefficient (Wildman–Crippen LogP) is 4.46. The maximum atomic E-state index is 5.39. The van der Waals surface area contributed by atoms with Crippen LogP contribution in [0, 0.1) is 0 Å². The van der Waals surface area contributed by atoms with Crippen LogP contribution in [0.15, 0.2) is 65.2 Å². The van der Waals surface area contributed by atoms with E-state index < -0.39 is 0 Å². The normalized spacial score (nSPS) is 11.2. The number of benzene rings is 2. The largest absolute Gasteiger partial charge is 0.481 e. The van der Waals surface area contributed by atoms with Crippen LogP contribution in [0.5, 0.6) is 5.88 Å². The van der Waals surface area contributed by atoms with E-state index in [1.807, 2.05) is 66.7 Å². The van der Waals surface area contributed by atoms with Gasteiger partial charge in [0.15, 0.2) is 5.82 Å². The zero-order chi connectivity index (χ0) is 17.1. The average molecular weight is 329 g/mol. The van der Waals surface area contributed by atoms with Gasteiger partial charge in [-0.2, -0.15) is 4.98 Å². The summed E-state index contributed by atoms with van der Waals surface area (Å²) in [6.45, 7) is 0. The van der Waals surface area contributed by atoms with Crippen molar-refractivity contribution < 1.29 is 9.26 Å². The van der Waals surface area contributed by atoms with Crippen molar-refractivity contribution in [3.63, 3.8) is 0 Å². The quantitative estimate of drug-likeness (QED) is 0.553. The molecule has 122 valence electrons. The van der Waals surface area contributed by atoms with E-state index in [-0.39, 0.29) is 0 Å². The van der Waals surface area contributed by atoms with Crippen LogP contribution in [0.1, 0.15) is 11.4 Å². The summed E-state index contributed by atoms with van der Waals surface area (Å²) in [5.74, 6) is 1.54. The van der Waals surface area contributed by atoms with Gasteiger partial charge in [-0.15, -0.1) is 0 Å². The summed E-state index contributed by atoms with van der Waals surface area (Å²) >= 11 is 0. The fourth-order valence-electron chi connectivity index (χ4n) is 2.56. The number of hydrogen-bond acceptors (Lipinski definition) is 5. The van der Waals surface area contributed by atoms with E-state index in [1.54, 1.807) is 13.2 Å². The molecule has 4 aromatic rings. The molecular weight excluding hydrogens is 314 g/mol. The first-order valence-electron chi connectivity index (χ1n) is 7.84. The second-order valence-electron chi connectivity index (χ2n) is 5.44. The Morgan fingerprint density at radius 2 is 1.72 bits per heavy atom. The molecule has 5 nitrogen and oxygen atoms in total. The van der Waals surface area contributed by atoms with Crippen LogP contribution in [0.25, 0.3) is 34.5 Å². The molecule has 25 heavy (non-hydrogen) atoms. The summed E-state index contributed by atoms with van der Waals surface area (Å²) in [7, 11) is 1.61. The molecule has 0 aliphatic carbocycles. The number of rotatable bonds is 4. The van der Waals surface area contributed by atoms with E-state index in [1.165, 1.54) is 0 Å². The minimum Gasteiger partial charge on any atom is -0.481 e. The van der Waals surface area contributed by atoms with Gasteiger partial charge in [0, 0.05) is 16.5 Å². The molecule has 0 unspecified atom stereocenters.